The van der Waals surface area contributed by atoms with Crippen molar-refractivity contribution in [2.75, 3.05) is 30.8 Å². The van der Waals surface area contributed by atoms with E-state index in [1.54, 1.807) is 13.0 Å². The van der Waals surface area contributed by atoms with Crippen LogP contribution in [0.2, 0.25) is 5.02 Å². The molecule has 0 saturated carbocycles. The Hall–Kier alpha value is -2.78. The molecule has 1 N–H and O–H groups in total. The minimum atomic E-state index is -3.89. The summed E-state index contributed by atoms with van der Waals surface area (Å²) in [7, 11) is -2.48. The fraction of sp³-hybridized carbons (Fsp3) is 0.417. The standard InChI is InChI=1S/C24H32ClN3O5S/c1-5-6-14-26-24(30)18(2)27(16-19-10-8-7-9-11-19)23(29)17-28(34(4,31)32)21-15-20(25)12-13-22(21)33-3/h7-13,15,18H,5-6,14,16-17H2,1-4H3,(H,26,30). The van der Waals surface area contributed by atoms with E-state index < -0.39 is 28.5 Å². The molecule has 34 heavy (non-hydrogen) atoms. The second-order valence-corrected chi connectivity index (χ2v) is 10.3. The van der Waals surface area contributed by atoms with Gasteiger partial charge >= 0.3 is 0 Å². The minimum Gasteiger partial charge on any atom is -0.495 e. The number of rotatable bonds is 12. The second kappa shape index (κ2) is 12.6. The summed E-state index contributed by atoms with van der Waals surface area (Å²) < 4.78 is 31.6. The number of ether oxygens (including phenoxy) is 1. The maximum atomic E-state index is 13.5. The lowest BCUT2D eigenvalue weighted by molar-refractivity contribution is -0.139. The fourth-order valence-corrected chi connectivity index (χ4v) is 4.36. The molecule has 0 bridgehead atoms. The van der Waals surface area contributed by atoms with Gasteiger partial charge < -0.3 is 15.0 Å². The number of nitrogens with one attached hydrogen (secondary N) is 1. The quantitative estimate of drug-likeness (QED) is 0.442. The van der Waals surface area contributed by atoms with Gasteiger partial charge in [0.25, 0.3) is 0 Å². The van der Waals surface area contributed by atoms with E-state index in [1.807, 2.05) is 37.3 Å². The minimum absolute atomic E-state index is 0.144. The van der Waals surface area contributed by atoms with E-state index in [9.17, 15) is 18.0 Å². The molecule has 0 aromatic heterocycles. The number of methoxy groups -OCH3 is 1. The molecule has 0 spiro atoms. The van der Waals surface area contributed by atoms with Crippen molar-refractivity contribution >= 4 is 39.1 Å². The monoisotopic (exact) mass is 509 g/mol. The van der Waals surface area contributed by atoms with Gasteiger partial charge in [0.05, 0.1) is 19.1 Å². The van der Waals surface area contributed by atoms with Gasteiger partial charge in [-0.15, -0.1) is 0 Å². The topological polar surface area (TPSA) is 96.0 Å². The number of halogens is 1. The first-order valence-corrected chi connectivity index (χ1v) is 13.2. The molecule has 2 aromatic rings. The average molecular weight is 510 g/mol. The third-order valence-electron chi connectivity index (χ3n) is 5.28. The Morgan fingerprint density at radius 1 is 1.15 bits per heavy atom. The predicted molar refractivity (Wildman–Crippen MR) is 135 cm³/mol. The van der Waals surface area contributed by atoms with Crippen molar-refractivity contribution in [3.8, 4) is 5.75 Å². The maximum absolute atomic E-state index is 13.5. The highest BCUT2D eigenvalue weighted by Gasteiger charge is 2.31. The Bertz CT molecular complexity index is 1080. The molecule has 0 aliphatic heterocycles. The number of unbranched alkanes of at least 4 members (excludes halogenated alkanes) is 1. The number of amides is 2. The van der Waals surface area contributed by atoms with Gasteiger partial charge in [0, 0.05) is 18.1 Å². The van der Waals surface area contributed by atoms with E-state index >= 15 is 0 Å². The first-order valence-electron chi connectivity index (χ1n) is 11.0. The molecular formula is C24H32ClN3O5S. The van der Waals surface area contributed by atoms with Crippen molar-refractivity contribution in [1.82, 2.24) is 10.2 Å². The zero-order valence-electron chi connectivity index (χ0n) is 20.0. The van der Waals surface area contributed by atoms with Crippen LogP contribution >= 0.6 is 11.6 Å². The van der Waals surface area contributed by atoms with Gasteiger partial charge in [0.1, 0.15) is 18.3 Å². The molecule has 2 aromatic carbocycles. The van der Waals surface area contributed by atoms with Crippen LogP contribution in [0.15, 0.2) is 48.5 Å². The molecule has 10 heteroatoms. The smallest absolute Gasteiger partial charge is 0.244 e. The highest BCUT2D eigenvalue weighted by Crippen LogP contribution is 2.33. The summed E-state index contributed by atoms with van der Waals surface area (Å²) >= 11 is 6.10. The number of carbonyl (C=O) groups excluding carboxylic acids is 2. The zero-order chi connectivity index (χ0) is 25.3. The average Bonchev–Trinajstić information content (AvgIpc) is 2.80. The van der Waals surface area contributed by atoms with Crippen LogP contribution in [0.5, 0.6) is 5.75 Å². The Morgan fingerprint density at radius 2 is 1.82 bits per heavy atom. The van der Waals surface area contributed by atoms with Gasteiger partial charge in [-0.25, -0.2) is 8.42 Å². The number of hydrogen-bond donors (Lipinski definition) is 1. The molecule has 0 aliphatic rings. The first-order chi connectivity index (χ1) is 16.1. The molecule has 0 saturated heterocycles. The predicted octanol–water partition coefficient (Wildman–Crippen LogP) is 3.45. The normalized spacial score (nSPS) is 12.0. The Labute approximate surface area is 206 Å². The fourth-order valence-electron chi connectivity index (χ4n) is 3.35. The third-order valence-corrected chi connectivity index (χ3v) is 6.64. The van der Waals surface area contributed by atoms with Crippen LogP contribution in [0.25, 0.3) is 0 Å². The molecule has 0 heterocycles. The summed E-state index contributed by atoms with van der Waals surface area (Å²) in [6, 6.07) is 12.9. The van der Waals surface area contributed by atoms with E-state index in [2.05, 4.69) is 5.32 Å². The number of carbonyl (C=O) groups is 2. The molecule has 0 aliphatic carbocycles. The zero-order valence-corrected chi connectivity index (χ0v) is 21.5. The summed E-state index contributed by atoms with van der Waals surface area (Å²) in [5.41, 5.74) is 0.959. The van der Waals surface area contributed by atoms with Gasteiger partial charge in [-0.2, -0.15) is 0 Å². The van der Waals surface area contributed by atoms with Gasteiger partial charge in [0.2, 0.25) is 21.8 Å². The van der Waals surface area contributed by atoms with E-state index in [-0.39, 0.29) is 23.9 Å². The van der Waals surface area contributed by atoms with Crippen LogP contribution in [0.1, 0.15) is 32.3 Å². The third kappa shape index (κ3) is 7.63. The molecular weight excluding hydrogens is 478 g/mol. The largest absolute Gasteiger partial charge is 0.495 e. The Balaban J connectivity index is 2.39. The number of benzene rings is 2. The summed E-state index contributed by atoms with van der Waals surface area (Å²) in [5.74, 6) is -0.582. The van der Waals surface area contributed by atoms with Crippen LogP contribution in [-0.4, -0.2) is 57.6 Å². The molecule has 1 atom stereocenters. The molecule has 2 amide bonds. The molecule has 8 nitrogen and oxygen atoms in total. The SMILES string of the molecule is CCCCNC(=O)C(C)N(Cc1ccccc1)C(=O)CN(c1cc(Cl)ccc1OC)S(C)(=O)=O. The molecule has 186 valence electrons. The van der Waals surface area contributed by atoms with E-state index in [1.165, 1.54) is 24.1 Å². The molecule has 0 fully saturated rings. The second-order valence-electron chi connectivity index (χ2n) is 7.91. The van der Waals surface area contributed by atoms with Gasteiger partial charge in [0.15, 0.2) is 0 Å². The van der Waals surface area contributed by atoms with Crippen LogP contribution in [-0.2, 0) is 26.2 Å². The van der Waals surface area contributed by atoms with E-state index in [4.69, 9.17) is 16.3 Å². The van der Waals surface area contributed by atoms with Crippen LogP contribution in [0.4, 0.5) is 5.69 Å². The highest BCUT2D eigenvalue weighted by atomic mass is 35.5. The molecule has 2 rings (SSSR count). The van der Waals surface area contributed by atoms with Crippen LogP contribution < -0.4 is 14.4 Å². The van der Waals surface area contributed by atoms with Gasteiger partial charge in [-0.3, -0.25) is 13.9 Å². The first kappa shape index (κ1) is 27.5. The lowest BCUT2D eigenvalue weighted by Crippen LogP contribution is -2.51. The molecule has 0 radical (unpaired) electrons. The Morgan fingerprint density at radius 3 is 2.41 bits per heavy atom. The van der Waals surface area contributed by atoms with Crippen LogP contribution in [0, 0.1) is 0 Å². The Kier molecular flexibility index (Phi) is 10.2. The summed E-state index contributed by atoms with van der Waals surface area (Å²) in [6.45, 7) is 3.78. The number of anilines is 1. The number of nitrogens with zero attached hydrogens (tertiary/aromatic N) is 2. The van der Waals surface area contributed by atoms with E-state index in [0.29, 0.717) is 11.6 Å². The van der Waals surface area contributed by atoms with Gasteiger partial charge in [-0.1, -0.05) is 55.3 Å². The van der Waals surface area contributed by atoms with Crippen molar-refractivity contribution in [2.24, 2.45) is 0 Å². The lowest BCUT2D eigenvalue weighted by atomic mass is 10.1. The van der Waals surface area contributed by atoms with Crippen molar-refractivity contribution in [3.63, 3.8) is 0 Å². The summed E-state index contributed by atoms with van der Waals surface area (Å²) in [6.07, 6.45) is 2.75. The maximum Gasteiger partial charge on any atom is 0.244 e. The van der Waals surface area contributed by atoms with Crippen LogP contribution in [0.3, 0.4) is 0 Å². The highest BCUT2D eigenvalue weighted by molar-refractivity contribution is 7.92. The van der Waals surface area contributed by atoms with E-state index in [0.717, 1.165) is 29.0 Å². The van der Waals surface area contributed by atoms with Crippen molar-refractivity contribution in [1.29, 1.82) is 0 Å². The van der Waals surface area contributed by atoms with Gasteiger partial charge in [-0.05, 0) is 37.1 Å². The molecule has 1 unspecified atom stereocenters. The van der Waals surface area contributed by atoms with Crippen molar-refractivity contribution in [2.45, 2.75) is 39.3 Å². The van der Waals surface area contributed by atoms with Crippen molar-refractivity contribution in [3.05, 3.63) is 59.1 Å². The summed E-state index contributed by atoms with van der Waals surface area (Å²) in [4.78, 5) is 27.7. The number of hydrogen-bond acceptors (Lipinski definition) is 5. The lowest BCUT2D eigenvalue weighted by Gasteiger charge is -2.32. The number of sulfonamides is 1. The summed E-state index contributed by atoms with van der Waals surface area (Å²) in [5, 5.41) is 3.14. The van der Waals surface area contributed by atoms with Crippen molar-refractivity contribution < 1.29 is 22.7 Å².